The van der Waals surface area contributed by atoms with Gasteiger partial charge in [0.15, 0.2) is 23.0 Å². The fourth-order valence-corrected chi connectivity index (χ4v) is 6.04. The summed E-state index contributed by atoms with van der Waals surface area (Å²) in [5, 5.41) is 0. The van der Waals surface area contributed by atoms with Crippen molar-refractivity contribution in [1.82, 2.24) is 0 Å². The van der Waals surface area contributed by atoms with Crippen molar-refractivity contribution in [3.63, 3.8) is 0 Å². The Hall–Kier alpha value is -4.98. The summed E-state index contributed by atoms with van der Waals surface area (Å²) in [6.07, 6.45) is 2.18. The third-order valence-corrected chi connectivity index (χ3v) is 8.09. The topological polar surface area (TPSA) is 73.8 Å². The Kier molecular flexibility index (Phi) is 9.09. The van der Waals surface area contributed by atoms with Crippen molar-refractivity contribution >= 4 is 11.6 Å². The molecule has 230 valence electrons. The molecule has 44 heavy (non-hydrogen) atoms. The Balaban J connectivity index is 1.87. The molecule has 0 saturated heterocycles. The molecule has 2 atom stereocenters. The lowest BCUT2D eigenvalue weighted by atomic mass is 9.79. The Morgan fingerprint density at radius 2 is 0.977 bits per heavy atom. The number of ether oxygens (including phenoxy) is 8. The summed E-state index contributed by atoms with van der Waals surface area (Å²) in [5.41, 5.74) is 6.05. The number of benzene rings is 4. The van der Waals surface area contributed by atoms with Gasteiger partial charge in [-0.3, -0.25) is 0 Å². The van der Waals surface area contributed by atoms with Gasteiger partial charge in [-0.1, -0.05) is 18.2 Å². The Labute approximate surface area is 258 Å². The van der Waals surface area contributed by atoms with Crippen LogP contribution in [0.5, 0.6) is 46.0 Å². The first kappa shape index (κ1) is 30.5. The molecule has 0 heterocycles. The molecule has 1 aliphatic carbocycles. The first-order valence-corrected chi connectivity index (χ1v) is 14.1. The van der Waals surface area contributed by atoms with Crippen molar-refractivity contribution in [2.24, 2.45) is 0 Å². The summed E-state index contributed by atoms with van der Waals surface area (Å²) in [6.45, 7) is 0. The van der Waals surface area contributed by atoms with Crippen LogP contribution in [-0.2, 0) is 0 Å². The SMILES string of the molecule is COc1cc(OC)cc([C@@H]2/C(=C\c3ccc(OC)c(OC)c3)c3cc(OC)cc(OC)c3[C@H]2c2ccc(OC)c(OC)c2)c1. The van der Waals surface area contributed by atoms with Gasteiger partial charge in [0, 0.05) is 29.5 Å². The predicted octanol–water partition coefficient (Wildman–Crippen LogP) is 7.23. The number of allylic oxidation sites excluding steroid dienone is 1. The minimum absolute atomic E-state index is 0.186. The molecule has 0 spiro atoms. The molecule has 8 heteroatoms. The minimum atomic E-state index is -0.193. The molecule has 0 aliphatic heterocycles. The van der Waals surface area contributed by atoms with E-state index in [0.717, 1.165) is 39.1 Å². The van der Waals surface area contributed by atoms with Crippen molar-refractivity contribution < 1.29 is 37.9 Å². The molecule has 4 aromatic carbocycles. The van der Waals surface area contributed by atoms with Gasteiger partial charge in [-0.15, -0.1) is 0 Å². The molecule has 0 N–H and O–H groups in total. The van der Waals surface area contributed by atoms with E-state index in [4.69, 9.17) is 37.9 Å². The molecular weight excluding hydrogens is 560 g/mol. The van der Waals surface area contributed by atoms with Crippen molar-refractivity contribution in [2.75, 3.05) is 56.9 Å². The van der Waals surface area contributed by atoms with E-state index in [1.807, 2.05) is 42.5 Å². The van der Waals surface area contributed by atoms with Crippen LogP contribution < -0.4 is 37.9 Å². The van der Waals surface area contributed by atoms with Crippen LogP contribution in [0, 0.1) is 0 Å². The van der Waals surface area contributed by atoms with Gasteiger partial charge in [-0.25, -0.2) is 0 Å². The normalized spacial score (nSPS) is 16.2. The zero-order valence-electron chi connectivity index (χ0n) is 26.3. The number of methoxy groups -OCH3 is 8. The van der Waals surface area contributed by atoms with E-state index >= 15 is 0 Å². The summed E-state index contributed by atoms with van der Waals surface area (Å²) >= 11 is 0. The maximum atomic E-state index is 6.04. The quantitative estimate of drug-likeness (QED) is 0.179. The van der Waals surface area contributed by atoms with Crippen molar-refractivity contribution in [3.8, 4) is 46.0 Å². The molecule has 1 aliphatic rings. The van der Waals surface area contributed by atoms with Crippen LogP contribution in [0.3, 0.4) is 0 Å². The Morgan fingerprint density at radius 3 is 1.55 bits per heavy atom. The molecule has 0 amide bonds. The summed E-state index contributed by atoms with van der Waals surface area (Å²) < 4.78 is 45.7. The highest BCUT2D eigenvalue weighted by Gasteiger charge is 2.42. The first-order valence-electron chi connectivity index (χ1n) is 14.1. The van der Waals surface area contributed by atoms with Crippen LogP contribution in [0.1, 0.15) is 39.7 Å². The van der Waals surface area contributed by atoms with Gasteiger partial charge in [-0.05, 0) is 70.3 Å². The number of rotatable bonds is 11. The fraction of sp³-hybridized carbons (Fsp3) is 0.278. The second-order valence-electron chi connectivity index (χ2n) is 10.2. The monoisotopic (exact) mass is 598 g/mol. The Morgan fingerprint density at radius 1 is 0.432 bits per heavy atom. The molecule has 8 nitrogen and oxygen atoms in total. The highest BCUT2D eigenvalue weighted by atomic mass is 16.5. The number of hydrogen-bond acceptors (Lipinski definition) is 8. The van der Waals surface area contributed by atoms with E-state index in [2.05, 4.69) is 30.3 Å². The van der Waals surface area contributed by atoms with Crippen LogP contribution in [0.2, 0.25) is 0 Å². The third-order valence-electron chi connectivity index (χ3n) is 8.09. The zero-order valence-corrected chi connectivity index (χ0v) is 26.3. The van der Waals surface area contributed by atoms with Gasteiger partial charge >= 0.3 is 0 Å². The molecule has 0 aromatic heterocycles. The zero-order chi connectivity index (χ0) is 31.4. The number of fused-ring (bicyclic) bond motifs is 1. The van der Waals surface area contributed by atoms with Crippen LogP contribution in [0.25, 0.3) is 11.6 Å². The van der Waals surface area contributed by atoms with Crippen LogP contribution in [0.15, 0.2) is 66.7 Å². The molecule has 0 unspecified atom stereocenters. The van der Waals surface area contributed by atoms with E-state index < -0.39 is 0 Å². The van der Waals surface area contributed by atoms with Gasteiger partial charge in [0.2, 0.25) is 0 Å². The predicted molar refractivity (Wildman–Crippen MR) is 171 cm³/mol. The van der Waals surface area contributed by atoms with E-state index in [9.17, 15) is 0 Å². The van der Waals surface area contributed by atoms with Crippen molar-refractivity contribution in [1.29, 1.82) is 0 Å². The maximum Gasteiger partial charge on any atom is 0.161 e. The maximum absolute atomic E-state index is 6.04. The highest BCUT2D eigenvalue weighted by Crippen LogP contribution is 2.59. The standard InChI is InChI=1S/C36H38O8/c1-37-24-15-23(16-25(18-24)38-2)34-27(13-21-9-11-29(40-4)31(14-21)42-6)28-19-26(39-3)20-33(44-8)36(28)35(34)22-10-12-30(41-5)32(17-22)43-7/h9-20,34-35H,1-8H3/b27-13-/t34-,35+/m1/s1. The molecular formula is C36H38O8. The number of hydrogen-bond donors (Lipinski definition) is 0. The lowest BCUT2D eigenvalue weighted by Gasteiger charge is -2.25. The molecule has 0 fully saturated rings. The lowest BCUT2D eigenvalue weighted by molar-refractivity contribution is 0.354. The lowest BCUT2D eigenvalue weighted by Crippen LogP contribution is -2.10. The third kappa shape index (κ3) is 5.55. The van der Waals surface area contributed by atoms with Crippen molar-refractivity contribution in [3.05, 3.63) is 94.5 Å². The molecule has 0 radical (unpaired) electrons. The van der Waals surface area contributed by atoms with Crippen LogP contribution >= 0.6 is 0 Å². The van der Waals surface area contributed by atoms with Gasteiger partial charge in [0.1, 0.15) is 23.0 Å². The van der Waals surface area contributed by atoms with E-state index in [-0.39, 0.29) is 11.8 Å². The van der Waals surface area contributed by atoms with E-state index in [0.29, 0.717) is 40.2 Å². The second-order valence-corrected chi connectivity index (χ2v) is 10.2. The molecule has 0 bridgehead atoms. The van der Waals surface area contributed by atoms with Crippen LogP contribution in [-0.4, -0.2) is 56.9 Å². The average molecular weight is 599 g/mol. The van der Waals surface area contributed by atoms with Crippen LogP contribution in [0.4, 0.5) is 0 Å². The average Bonchev–Trinajstić information content (AvgIpc) is 3.40. The second kappa shape index (κ2) is 13.1. The summed E-state index contributed by atoms with van der Waals surface area (Å²) in [7, 11) is 13.2. The fourth-order valence-electron chi connectivity index (χ4n) is 6.04. The molecule has 4 aromatic rings. The minimum Gasteiger partial charge on any atom is -0.497 e. The molecule has 0 saturated carbocycles. The Bertz CT molecular complexity index is 1650. The van der Waals surface area contributed by atoms with E-state index in [1.165, 1.54) is 0 Å². The van der Waals surface area contributed by atoms with Gasteiger partial charge in [0.25, 0.3) is 0 Å². The van der Waals surface area contributed by atoms with Gasteiger partial charge in [0.05, 0.1) is 56.9 Å². The summed E-state index contributed by atoms with van der Waals surface area (Å²) in [6, 6.07) is 21.9. The van der Waals surface area contributed by atoms with Crippen molar-refractivity contribution in [2.45, 2.75) is 11.8 Å². The molecule has 5 rings (SSSR count). The van der Waals surface area contributed by atoms with Gasteiger partial charge < -0.3 is 37.9 Å². The van der Waals surface area contributed by atoms with E-state index in [1.54, 1.807) is 56.9 Å². The summed E-state index contributed by atoms with van der Waals surface area (Å²) in [5.74, 6) is 4.99. The first-order chi connectivity index (χ1) is 21.4. The highest BCUT2D eigenvalue weighted by molar-refractivity contribution is 5.93. The summed E-state index contributed by atoms with van der Waals surface area (Å²) in [4.78, 5) is 0. The largest absolute Gasteiger partial charge is 0.497 e. The van der Waals surface area contributed by atoms with Gasteiger partial charge in [-0.2, -0.15) is 0 Å². The smallest absolute Gasteiger partial charge is 0.161 e.